The number of hydrogen-bond donors (Lipinski definition) is 1. The van der Waals surface area contributed by atoms with Gasteiger partial charge in [0.1, 0.15) is 17.4 Å². The van der Waals surface area contributed by atoms with Gasteiger partial charge >= 0.3 is 5.97 Å². The lowest BCUT2D eigenvalue weighted by atomic mass is 9.93. The molecule has 0 unspecified atom stereocenters. The fourth-order valence-corrected chi connectivity index (χ4v) is 4.00. The van der Waals surface area contributed by atoms with Gasteiger partial charge in [0.05, 0.1) is 12.7 Å². The second kappa shape index (κ2) is 10.2. The fourth-order valence-electron chi connectivity index (χ4n) is 3.34. The number of methoxy groups -OCH3 is 1. The molecule has 0 fully saturated rings. The molecule has 0 atom stereocenters. The van der Waals surface area contributed by atoms with Gasteiger partial charge in [-0.15, -0.1) is 0 Å². The Morgan fingerprint density at radius 3 is 2.28 bits per heavy atom. The molecule has 0 radical (unpaired) electrons. The van der Waals surface area contributed by atoms with Gasteiger partial charge in [-0.2, -0.15) is 0 Å². The summed E-state index contributed by atoms with van der Waals surface area (Å²) in [5, 5.41) is 10.9. The van der Waals surface area contributed by atoms with Crippen molar-refractivity contribution in [2.24, 2.45) is 0 Å². The highest BCUT2D eigenvalue weighted by Crippen LogP contribution is 2.36. The quantitative estimate of drug-likeness (QED) is 0.384. The summed E-state index contributed by atoms with van der Waals surface area (Å²) in [6, 6.07) is 11.6. The van der Waals surface area contributed by atoms with Crippen LogP contribution in [-0.2, 0) is 22.4 Å². The molecule has 0 aliphatic heterocycles. The van der Waals surface area contributed by atoms with Crippen LogP contribution in [0.2, 0.25) is 10.0 Å². The van der Waals surface area contributed by atoms with Crippen molar-refractivity contribution in [3.05, 3.63) is 105 Å². The Morgan fingerprint density at radius 2 is 1.69 bits per heavy atom. The highest BCUT2D eigenvalue weighted by Gasteiger charge is 2.19. The topological polar surface area (TPSA) is 46.5 Å². The third-order valence-corrected chi connectivity index (χ3v) is 5.78. The maximum atomic E-state index is 15.4. The number of esters is 1. The van der Waals surface area contributed by atoms with Crippen LogP contribution >= 0.6 is 23.2 Å². The van der Waals surface area contributed by atoms with E-state index in [4.69, 9.17) is 23.2 Å². The molecule has 166 valence electrons. The average molecular weight is 477 g/mol. The number of ether oxygens (including phenoxy) is 1. The Morgan fingerprint density at radius 1 is 1.06 bits per heavy atom. The van der Waals surface area contributed by atoms with E-state index in [2.05, 4.69) is 11.3 Å². The molecule has 3 nitrogen and oxygen atoms in total. The van der Waals surface area contributed by atoms with Gasteiger partial charge in [-0.3, -0.25) is 4.79 Å². The van der Waals surface area contributed by atoms with E-state index in [0.29, 0.717) is 27.6 Å². The highest BCUT2D eigenvalue weighted by atomic mass is 35.5. The Labute approximate surface area is 194 Å². The molecule has 3 rings (SSSR count). The predicted molar refractivity (Wildman–Crippen MR) is 122 cm³/mol. The Balaban J connectivity index is 1.91. The average Bonchev–Trinajstić information content (AvgIpc) is 2.76. The highest BCUT2D eigenvalue weighted by molar-refractivity contribution is 6.36. The SMILES string of the molecule is C=C(c1ccc(F)cc1)c1c(O)ccc(Cc2c(Cl)cc(CCC(=O)OC)cc2Cl)c1F. The third-order valence-electron chi connectivity index (χ3n) is 5.11. The minimum Gasteiger partial charge on any atom is -0.507 e. The van der Waals surface area contributed by atoms with E-state index in [1.54, 1.807) is 12.1 Å². The standard InChI is InChI=1S/C25H20Cl2F2O3/c1-14(16-4-7-18(28)8-5-16)24-22(30)9-6-17(25(24)29)13-19-20(26)11-15(12-21(19)27)3-10-23(31)32-2/h4-9,11-12,30H,1,3,10,13H2,2H3. The van der Waals surface area contributed by atoms with Crippen LogP contribution in [0, 0.1) is 11.6 Å². The lowest BCUT2D eigenvalue weighted by molar-refractivity contribution is -0.140. The smallest absolute Gasteiger partial charge is 0.305 e. The minimum absolute atomic E-state index is 0.0731. The summed E-state index contributed by atoms with van der Waals surface area (Å²) in [6.45, 7) is 3.87. The third kappa shape index (κ3) is 5.29. The first kappa shape index (κ1) is 23.8. The summed E-state index contributed by atoms with van der Waals surface area (Å²) >= 11 is 12.8. The van der Waals surface area contributed by atoms with E-state index in [0.717, 1.165) is 5.56 Å². The van der Waals surface area contributed by atoms with Gasteiger partial charge in [0.2, 0.25) is 0 Å². The first-order valence-electron chi connectivity index (χ1n) is 9.70. The largest absolute Gasteiger partial charge is 0.507 e. The van der Waals surface area contributed by atoms with Crippen molar-refractivity contribution >= 4 is 34.7 Å². The molecule has 32 heavy (non-hydrogen) atoms. The predicted octanol–water partition coefficient (Wildman–Crippen LogP) is 6.74. The van der Waals surface area contributed by atoms with Crippen LogP contribution in [0.15, 0.2) is 55.1 Å². The minimum atomic E-state index is -0.666. The molecule has 0 saturated carbocycles. The molecule has 3 aromatic carbocycles. The molecule has 1 N–H and O–H groups in total. The number of phenols is 1. The van der Waals surface area contributed by atoms with Gasteiger partial charge in [-0.05, 0) is 64.6 Å². The number of rotatable bonds is 7. The summed E-state index contributed by atoms with van der Waals surface area (Å²) in [4.78, 5) is 11.4. The van der Waals surface area contributed by atoms with Crippen molar-refractivity contribution in [3.8, 4) is 5.75 Å². The second-order valence-corrected chi connectivity index (χ2v) is 8.02. The maximum Gasteiger partial charge on any atom is 0.305 e. The number of hydrogen-bond acceptors (Lipinski definition) is 3. The maximum absolute atomic E-state index is 15.4. The molecule has 0 spiro atoms. The van der Waals surface area contributed by atoms with Crippen LogP contribution in [0.5, 0.6) is 5.75 Å². The molecule has 3 aromatic rings. The Kier molecular flexibility index (Phi) is 7.54. The van der Waals surface area contributed by atoms with E-state index in [-0.39, 0.29) is 41.3 Å². The van der Waals surface area contributed by atoms with Gasteiger partial charge in [-0.25, -0.2) is 8.78 Å². The van der Waals surface area contributed by atoms with E-state index >= 15 is 4.39 Å². The van der Waals surface area contributed by atoms with Gasteiger partial charge in [-0.1, -0.05) is 48.0 Å². The second-order valence-electron chi connectivity index (χ2n) is 7.21. The number of carbonyl (C=O) groups is 1. The van der Waals surface area contributed by atoms with Gasteiger partial charge in [0, 0.05) is 22.9 Å². The van der Waals surface area contributed by atoms with Gasteiger partial charge in [0.25, 0.3) is 0 Å². The summed E-state index contributed by atoms with van der Waals surface area (Å²) in [5.74, 6) is -1.72. The monoisotopic (exact) mass is 476 g/mol. The summed E-state index contributed by atoms with van der Waals surface area (Å²) in [5.41, 5.74) is 2.15. The van der Waals surface area contributed by atoms with Crippen LogP contribution in [-0.4, -0.2) is 18.2 Å². The molecule has 0 aromatic heterocycles. The van der Waals surface area contributed by atoms with Crippen LogP contribution in [0.3, 0.4) is 0 Å². The van der Waals surface area contributed by atoms with E-state index in [9.17, 15) is 14.3 Å². The molecule has 0 aliphatic carbocycles. The Hall–Kier alpha value is -2.89. The number of phenolic OH excluding ortho intramolecular Hbond substituents is 1. The number of benzene rings is 3. The molecule has 0 aliphatic rings. The Bertz CT molecular complexity index is 1150. The lowest BCUT2D eigenvalue weighted by Crippen LogP contribution is -2.03. The van der Waals surface area contributed by atoms with Crippen molar-refractivity contribution in [3.63, 3.8) is 0 Å². The molecule has 7 heteroatoms. The van der Waals surface area contributed by atoms with Crippen molar-refractivity contribution in [2.45, 2.75) is 19.3 Å². The summed E-state index contributed by atoms with van der Waals surface area (Å²) < 4.78 is 33.3. The molecule has 0 bridgehead atoms. The van der Waals surface area contributed by atoms with E-state index in [1.807, 2.05) is 0 Å². The van der Waals surface area contributed by atoms with Gasteiger partial charge < -0.3 is 9.84 Å². The zero-order chi connectivity index (χ0) is 23.4. The first-order chi connectivity index (χ1) is 15.2. The molecular formula is C25H20Cl2F2O3. The van der Waals surface area contributed by atoms with Crippen molar-refractivity contribution in [1.82, 2.24) is 0 Å². The zero-order valence-corrected chi connectivity index (χ0v) is 18.7. The van der Waals surface area contributed by atoms with E-state index < -0.39 is 11.6 Å². The zero-order valence-electron chi connectivity index (χ0n) is 17.2. The molecular weight excluding hydrogens is 457 g/mol. The summed E-state index contributed by atoms with van der Waals surface area (Å²) in [7, 11) is 1.32. The van der Waals surface area contributed by atoms with E-state index in [1.165, 1.54) is 43.5 Å². The number of aromatic hydroxyl groups is 1. The van der Waals surface area contributed by atoms with Crippen LogP contribution in [0.25, 0.3) is 5.57 Å². The fraction of sp³-hybridized carbons (Fsp3) is 0.160. The van der Waals surface area contributed by atoms with Crippen molar-refractivity contribution < 1.29 is 23.4 Å². The van der Waals surface area contributed by atoms with Crippen LogP contribution < -0.4 is 0 Å². The molecule has 0 amide bonds. The normalized spacial score (nSPS) is 10.8. The number of halogens is 4. The van der Waals surface area contributed by atoms with Gasteiger partial charge in [0.15, 0.2) is 0 Å². The summed E-state index contributed by atoms with van der Waals surface area (Å²) in [6.07, 6.45) is 0.663. The lowest BCUT2D eigenvalue weighted by Gasteiger charge is -2.15. The number of carbonyl (C=O) groups excluding carboxylic acids is 1. The first-order valence-corrected chi connectivity index (χ1v) is 10.5. The number of aryl methyl sites for hydroxylation is 1. The van der Waals surface area contributed by atoms with Crippen molar-refractivity contribution in [1.29, 1.82) is 0 Å². The van der Waals surface area contributed by atoms with Crippen LogP contribution in [0.4, 0.5) is 8.78 Å². The van der Waals surface area contributed by atoms with Crippen LogP contribution in [0.1, 0.15) is 34.2 Å². The molecule has 0 saturated heterocycles. The van der Waals surface area contributed by atoms with Crippen molar-refractivity contribution in [2.75, 3.05) is 7.11 Å². The molecule has 0 heterocycles.